The van der Waals surface area contributed by atoms with Crippen LogP contribution in [-0.4, -0.2) is 32.2 Å². The summed E-state index contributed by atoms with van der Waals surface area (Å²) >= 11 is 0. The SMILES string of the molecule is [2H]C(O)c1ccc(-c2cccc3nc(N(C=O)C4CC4)nn23)cc1. The van der Waals surface area contributed by atoms with Crippen molar-refractivity contribution in [3.63, 3.8) is 0 Å². The molecule has 116 valence electrons. The second-order valence-corrected chi connectivity index (χ2v) is 5.59. The molecule has 23 heavy (non-hydrogen) atoms. The first-order valence-corrected chi connectivity index (χ1v) is 7.47. The van der Waals surface area contributed by atoms with Crippen LogP contribution in [0.15, 0.2) is 42.5 Å². The number of benzene rings is 1. The number of fused-ring (bicyclic) bond motifs is 1. The van der Waals surface area contributed by atoms with E-state index in [1.165, 1.54) is 0 Å². The number of rotatable bonds is 5. The summed E-state index contributed by atoms with van der Waals surface area (Å²) in [4.78, 5) is 17.3. The van der Waals surface area contributed by atoms with Gasteiger partial charge in [0.25, 0.3) is 5.95 Å². The number of aliphatic hydroxyl groups is 1. The first-order chi connectivity index (χ1) is 11.7. The molecule has 3 aromatic rings. The summed E-state index contributed by atoms with van der Waals surface area (Å²) in [5.74, 6) is 0.415. The van der Waals surface area contributed by atoms with E-state index in [0.717, 1.165) is 30.5 Å². The lowest BCUT2D eigenvalue weighted by molar-refractivity contribution is -0.107. The number of aromatic nitrogens is 3. The Balaban J connectivity index is 1.78. The predicted molar refractivity (Wildman–Crippen MR) is 85.9 cm³/mol. The lowest BCUT2D eigenvalue weighted by atomic mass is 10.1. The quantitative estimate of drug-likeness (QED) is 0.732. The molecule has 0 aliphatic heterocycles. The minimum atomic E-state index is -1.24. The second kappa shape index (κ2) is 5.48. The molecule has 1 amide bonds. The molecule has 1 aliphatic carbocycles. The zero-order valence-electron chi connectivity index (χ0n) is 13.3. The first kappa shape index (κ1) is 12.8. The lowest BCUT2D eigenvalue weighted by Crippen LogP contribution is -2.24. The second-order valence-electron chi connectivity index (χ2n) is 5.59. The van der Waals surface area contributed by atoms with Crippen LogP contribution in [0.25, 0.3) is 16.9 Å². The van der Waals surface area contributed by atoms with Gasteiger partial charge < -0.3 is 5.11 Å². The van der Waals surface area contributed by atoms with Crippen molar-refractivity contribution in [3.05, 3.63) is 48.0 Å². The summed E-state index contributed by atoms with van der Waals surface area (Å²) in [6, 6.07) is 13.0. The zero-order chi connectivity index (χ0) is 16.7. The number of aliphatic hydroxyl groups excluding tert-OH is 1. The monoisotopic (exact) mass is 309 g/mol. The maximum absolute atomic E-state index is 11.3. The number of pyridine rings is 1. The van der Waals surface area contributed by atoms with Gasteiger partial charge in [0.1, 0.15) is 0 Å². The highest BCUT2D eigenvalue weighted by atomic mass is 16.3. The molecular weight excluding hydrogens is 292 g/mol. The highest BCUT2D eigenvalue weighted by molar-refractivity contribution is 5.74. The minimum absolute atomic E-state index is 0.209. The van der Waals surface area contributed by atoms with Crippen LogP contribution in [0.2, 0.25) is 0 Å². The Morgan fingerprint density at radius 1 is 1.30 bits per heavy atom. The van der Waals surface area contributed by atoms with Crippen molar-refractivity contribution in [2.45, 2.75) is 25.5 Å². The molecule has 2 aromatic heterocycles. The Morgan fingerprint density at radius 2 is 2.09 bits per heavy atom. The number of anilines is 1. The normalized spacial score (nSPS) is 16.1. The molecule has 1 unspecified atom stereocenters. The molecule has 0 bridgehead atoms. The molecule has 0 spiro atoms. The molecule has 6 nitrogen and oxygen atoms in total. The molecule has 1 aliphatic rings. The average Bonchev–Trinajstić information content (AvgIpc) is 3.33. The molecule has 6 heteroatoms. The van der Waals surface area contributed by atoms with Gasteiger partial charge in [0.2, 0.25) is 6.41 Å². The molecule has 1 saturated carbocycles. The zero-order valence-corrected chi connectivity index (χ0v) is 12.3. The van der Waals surface area contributed by atoms with E-state index in [1.54, 1.807) is 21.5 Å². The fourth-order valence-corrected chi connectivity index (χ4v) is 2.61. The van der Waals surface area contributed by atoms with Crippen molar-refractivity contribution >= 4 is 18.0 Å². The minimum Gasteiger partial charge on any atom is -0.392 e. The smallest absolute Gasteiger partial charge is 0.252 e. The maximum Gasteiger partial charge on any atom is 0.252 e. The molecule has 0 saturated heterocycles. The topological polar surface area (TPSA) is 70.7 Å². The molecule has 2 heterocycles. The number of hydrogen-bond acceptors (Lipinski definition) is 4. The van der Waals surface area contributed by atoms with Gasteiger partial charge in [-0.1, -0.05) is 30.3 Å². The number of nitrogens with zero attached hydrogens (tertiary/aromatic N) is 4. The third-order valence-corrected chi connectivity index (χ3v) is 3.99. The molecular formula is C17H16N4O2. The molecule has 1 aromatic carbocycles. The van der Waals surface area contributed by atoms with E-state index in [4.69, 9.17) is 1.37 Å². The summed E-state index contributed by atoms with van der Waals surface area (Å²) in [5.41, 5.74) is 2.93. The van der Waals surface area contributed by atoms with Gasteiger partial charge >= 0.3 is 0 Å². The van der Waals surface area contributed by atoms with Crippen LogP contribution in [0.3, 0.4) is 0 Å². The van der Waals surface area contributed by atoms with E-state index < -0.39 is 6.58 Å². The average molecular weight is 309 g/mol. The van der Waals surface area contributed by atoms with Crippen LogP contribution < -0.4 is 4.90 Å². The number of carbonyl (C=O) groups excluding carboxylic acids is 1. The van der Waals surface area contributed by atoms with Gasteiger partial charge in [-0.3, -0.25) is 9.69 Å². The van der Waals surface area contributed by atoms with Crippen LogP contribution >= 0.6 is 0 Å². The van der Waals surface area contributed by atoms with Crippen molar-refractivity contribution in [2.24, 2.45) is 0 Å². The number of carbonyl (C=O) groups is 1. The van der Waals surface area contributed by atoms with E-state index >= 15 is 0 Å². The maximum atomic E-state index is 11.3. The molecule has 1 N–H and O–H groups in total. The summed E-state index contributed by atoms with van der Waals surface area (Å²) in [5, 5.41) is 13.8. The Labute approximate surface area is 134 Å². The summed E-state index contributed by atoms with van der Waals surface area (Å²) in [6.07, 6.45) is 2.76. The van der Waals surface area contributed by atoms with Crippen LogP contribution in [0.4, 0.5) is 5.95 Å². The van der Waals surface area contributed by atoms with Gasteiger partial charge in [0.05, 0.1) is 13.6 Å². The van der Waals surface area contributed by atoms with Crippen molar-refractivity contribution in [2.75, 3.05) is 4.90 Å². The van der Waals surface area contributed by atoms with E-state index in [-0.39, 0.29) is 6.04 Å². The Kier molecular flexibility index (Phi) is 3.04. The van der Waals surface area contributed by atoms with Gasteiger partial charge in [-0.15, -0.1) is 5.10 Å². The van der Waals surface area contributed by atoms with Crippen molar-refractivity contribution in [3.8, 4) is 11.3 Å². The fourth-order valence-electron chi connectivity index (χ4n) is 2.61. The molecule has 4 rings (SSSR count). The highest BCUT2D eigenvalue weighted by Gasteiger charge is 2.31. The van der Waals surface area contributed by atoms with E-state index in [9.17, 15) is 9.90 Å². The molecule has 0 radical (unpaired) electrons. The number of hydrogen-bond donors (Lipinski definition) is 1. The standard InChI is InChI=1S/C17H16N4O2/c22-10-12-4-6-13(7-5-12)15-2-1-3-16-18-17(19-21(15)16)20(11-23)14-8-9-14/h1-7,11,14,22H,8-10H2/i10D. The lowest BCUT2D eigenvalue weighted by Gasteiger charge is -2.10. The first-order valence-electron chi connectivity index (χ1n) is 8.05. The summed E-state index contributed by atoms with van der Waals surface area (Å²) < 4.78 is 9.04. The third kappa shape index (κ3) is 2.47. The highest BCUT2D eigenvalue weighted by Crippen LogP contribution is 2.29. The summed E-state index contributed by atoms with van der Waals surface area (Å²) in [6.45, 7) is -1.24. The predicted octanol–water partition coefficient (Wildman–Crippen LogP) is 2.01. The Hall–Kier alpha value is -2.73. The van der Waals surface area contributed by atoms with Crippen LogP contribution in [0.1, 0.15) is 19.8 Å². The van der Waals surface area contributed by atoms with Gasteiger partial charge in [-0.05, 0) is 30.5 Å². The van der Waals surface area contributed by atoms with E-state index in [2.05, 4.69) is 10.1 Å². The third-order valence-electron chi connectivity index (χ3n) is 3.99. The van der Waals surface area contributed by atoms with Crippen molar-refractivity contribution in [1.29, 1.82) is 0 Å². The van der Waals surface area contributed by atoms with Gasteiger partial charge in [-0.25, -0.2) is 4.52 Å². The van der Waals surface area contributed by atoms with E-state index in [0.29, 0.717) is 17.2 Å². The van der Waals surface area contributed by atoms with Gasteiger partial charge in [-0.2, -0.15) is 4.98 Å². The van der Waals surface area contributed by atoms with Crippen LogP contribution in [0.5, 0.6) is 0 Å². The van der Waals surface area contributed by atoms with Gasteiger partial charge in [0, 0.05) is 11.6 Å². The Morgan fingerprint density at radius 3 is 2.74 bits per heavy atom. The van der Waals surface area contributed by atoms with Crippen molar-refractivity contribution < 1.29 is 11.3 Å². The Bertz CT molecular complexity index is 887. The largest absolute Gasteiger partial charge is 0.392 e. The number of amides is 1. The molecule has 1 fully saturated rings. The van der Waals surface area contributed by atoms with Gasteiger partial charge in [0.15, 0.2) is 5.65 Å². The summed E-state index contributed by atoms with van der Waals surface area (Å²) in [7, 11) is 0. The fraction of sp³-hybridized carbons (Fsp3) is 0.235. The molecule has 1 atom stereocenters. The van der Waals surface area contributed by atoms with Crippen LogP contribution in [0, 0.1) is 0 Å². The van der Waals surface area contributed by atoms with Crippen molar-refractivity contribution in [1.82, 2.24) is 14.6 Å². The van der Waals surface area contributed by atoms with Crippen LogP contribution in [-0.2, 0) is 11.4 Å². The van der Waals surface area contributed by atoms with E-state index in [1.807, 2.05) is 30.3 Å².